The minimum absolute atomic E-state index is 0.0967. The number of benzene rings is 2. The lowest BCUT2D eigenvalue weighted by atomic mass is 9.99. The van der Waals surface area contributed by atoms with Crippen molar-refractivity contribution in [3.63, 3.8) is 0 Å². The number of piperidine rings is 1. The van der Waals surface area contributed by atoms with Crippen LogP contribution in [-0.4, -0.2) is 33.4 Å². The molecule has 1 N–H and O–H groups in total. The van der Waals surface area contributed by atoms with Crippen LogP contribution < -0.4 is 5.32 Å². The Morgan fingerprint density at radius 2 is 1.90 bits per heavy atom. The van der Waals surface area contributed by atoms with Crippen LogP contribution in [0.3, 0.4) is 0 Å². The first-order valence-corrected chi connectivity index (χ1v) is 10.7. The van der Waals surface area contributed by atoms with Crippen molar-refractivity contribution in [1.82, 2.24) is 14.5 Å². The zero-order chi connectivity index (χ0) is 20.2. The van der Waals surface area contributed by atoms with Gasteiger partial charge in [0, 0.05) is 17.8 Å². The number of aryl methyl sites for hydroxylation is 1. The molecule has 0 bridgehead atoms. The van der Waals surface area contributed by atoms with Crippen LogP contribution in [0.25, 0.3) is 11.0 Å². The van der Waals surface area contributed by atoms with E-state index in [0.717, 1.165) is 61.1 Å². The molecule has 0 radical (unpaired) electrons. The van der Waals surface area contributed by atoms with E-state index in [9.17, 15) is 4.79 Å². The number of carbonyl (C=O) groups is 1. The Balaban J connectivity index is 1.57. The highest BCUT2D eigenvalue weighted by Crippen LogP contribution is 2.24. The maximum Gasteiger partial charge on any atom is 0.255 e. The molecule has 1 aromatic heterocycles. The molecule has 0 unspecified atom stereocenters. The van der Waals surface area contributed by atoms with Crippen molar-refractivity contribution < 1.29 is 4.79 Å². The number of amides is 1. The zero-order valence-corrected chi connectivity index (χ0v) is 17.4. The molecule has 5 nitrogen and oxygen atoms in total. The molecule has 152 valence electrons. The summed E-state index contributed by atoms with van der Waals surface area (Å²) < 4.78 is 2.34. The summed E-state index contributed by atoms with van der Waals surface area (Å²) in [6, 6.07) is 15.3. The van der Waals surface area contributed by atoms with Crippen molar-refractivity contribution in [2.24, 2.45) is 5.92 Å². The van der Waals surface area contributed by atoms with E-state index in [-0.39, 0.29) is 5.91 Å². The number of imidazole rings is 1. The zero-order valence-electron chi connectivity index (χ0n) is 17.4. The van der Waals surface area contributed by atoms with Gasteiger partial charge >= 0.3 is 0 Å². The Labute approximate surface area is 172 Å². The van der Waals surface area contributed by atoms with E-state index >= 15 is 0 Å². The fourth-order valence-corrected chi connectivity index (χ4v) is 4.06. The maximum absolute atomic E-state index is 12.5. The summed E-state index contributed by atoms with van der Waals surface area (Å²) in [7, 11) is 0. The molecular formula is C24H30N4O. The number of aromatic nitrogens is 2. The molecule has 29 heavy (non-hydrogen) atoms. The van der Waals surface area contributed by atoms with Crippen LogP contribution in [0.15, 0.2) is 48.5 Å². The molecule has 1 saturated heterocycles. The molecule has 1 aliphatic heterocycles. The van der Waals surface area contributed by atoms with Crippen LogP contribution in [-0.2, 0) is 13.1 Å². The Bertz CT molecular complexity index is 971. The van der Waals surface area contributed by atoms with E-state index in [0.29, 0.717) is 5.56 Å². The predicted octanol–water partition coefficient (Wildman–Crippen LogP) is 4.93. The molecule has 3 aromatic rings. The average Bonchev–Trinajstić information content (AvgIpc) is 3.07. The summed E-state index contributed by atoms with van der Waals surface area (Å²) >= 11 is 0. The van der Waals surface area contributed by atoms with Crippen LogP contribution in [0.5, 0.6) is 0 Å². The van der Waals surface area contributed by atoms with Gasteiger partial charge in [0.2, 0.25) is 0 Å². The Morgan fingerprint density at radius 1 is 1.14 bits per heavy atom. The highest BCUT2D eigenvalue weighted by Gasteiger charge is 2.19. The van der Waals surface area contributed by atoms with Crippen LogP contribution in [0.1, 0.15) is 49.3 Å². The third-order valence-corrected chi connectivity index (χ3v) is 5.81. The van der Waals surface area contributed by atoms with Gasteiger partial charge < -0.3 is 9.88 Å². The molecule has 0 spiro atoms. The Kier molecular flexibility index (Phi) is 5.95. The van der Waals surface area contributed by atoms with Gasteiger partial charge in [0.15, 0.2) is 0 Å². The number of carbonyl (C=O) groups excluding carboxylic acids is 1. The molecule has 0 atom stereocenters. The Morgan fingerprint density at radius 3 is 2.62 bits per heavy atom. The van der Waals surface area contributed by atoms with Gasteiger partial charge in [-0.15, -0.1) is 0 Å². The standard InChI is InChI=1S/C24H30N4O/c1-3-13-28-22-10-9-20(25-24(29)19-7-5-4-6-8-19)16-21(22)26-23(28)17-27-14-11-18(2)12-15-27/h4-10,16,18H,3,11-15,17H2,1-2H3,(H,25,29). The number of rotatable bonds is 6. The number of fused-ring (bicyclic) bond motifs is 1. The van der Waals surface area contributed by atoms with Gasteiger partial charge in [-0.25, -0.2) is 4.98 Å². The van der Waals surface area contributed by atoms with Gasteiger partial charge in [-0.1, -0.05) is 32.0 Å². The van der Waals surface area contributed by atoms with Crippen molar-refractivity contribution in [1.29, 1.82) is 0 Å². The van der Waals surface area contributed by atoms with Crippen LogP contribution >= 0.6 is 0 Å². The largest absolute Gasteiger partial charge is 0.327 e. The summed E-state index contributed by atoms with van der Waals surface area (Å²) in [5.74, 6) is 1.86. The third kappa shape index (κ3) is 4.51. The highest BCUT2D eigenvalue weighted by atomic mass is 16.1. The van der Waals surface area contributed by atoms with Crippen molar-refractivity contribution >= 4 is 22.6 Å². The van der Waals surface area contributed by atoms with Crippen LogP contribution in [0.2, 0.25) is 0 Å². The molecule has 2 heterocycles. The quantitative estimate of drug-likeness (QED) is 0.649. The number of nitrogens with zero attached hydrogens (tertiary/aromatic N) is 3. The normalized spacial score (nSPS) is 15.7. The first kappa shape index (κ1) is 19.6. The summed E-state index contributed by atoms with van der Waals surface area (Å²) in [5, 5.41) is 3.00. The van der Waals surface area contributed by atoms with Crippen LogP contribution in [0, 0.1) is 5.92 Å². The highest BCUT2D eigenvalue weighted by molar-refractivity contribution is 6.04. The van der Waals surface area contributed by atoms with Gasteiger partial charge in [0.25, 0.3) is 5.91 Å². The number of hydrogen-bond acceptors (Lipinski definition) is 3. The topological polar surface area (TPSA) is 50.2 Å². The maximum atomic E-state index is 12.5. The second kappa shape index (κ2) is 8.78. The van der Waals surface area contributed by atoms with Crippen molar-refractivity contribution in [2.75, 3.05) is 18.4 Å². The molecule has 4 rings (SSSR count). The number of nitrogens with one attached hydrogen (secondary N) is 1. The lowest BCUT2D eigenvalue weighted by Crippen LogP contribution is -2.33. The number of hydrogen-bond donors (Lipinski definition) is 1. The molecule has 0 aliphatic carbocycles. The molecule has 1 fully saturated rings. The minimum Gasteiger partial charge on any atom is -0.327 e. The van der Waals surface area contributed by atoms with Gasteiger partial charge in [-0.05, 0) is 68.6 Å². The van der Waals surface area contributed by atoms with Gasteiger partial charge in [-0.2, -0.15) is 0 Å². The second-order valence-corrected chi connectivity index (χ2v) is 8.16. The monoisotopic (exact) mass is 390 g/mol. The molecular weight excluding hydrogens is 360 g/mol. The molecule has 0 saturated carbocycles. The van der Waals surface area contributed by atoms with E-state index in [4.69, 9.17) is 4.98 Å². The van der Waals surface area contributed by atoms with E-state index in [1.165, 1.54) is 12.8 Å². The van der Waals surface area contributed by atoms with Gasteiger partial charge in [0.1, 0.15) is 5.82 Å². The number of anilines is 1. The molecule has 1 aliphatic rings. The average molecular weight is 391 g/mol. The van der Waals surface area contributed by atoms with E-state index < -0.39 is 0 Å². The third-order valence-electron chi connectivity index (χ3n) is 5.81. The van der Waals surface area contributed by atoms with E-state index in [1.54, 1.807) is 0 Å². The van der Waals surface area contributed by atoms with Gasteiger partial charge in [0.05, 0.1) is 17.6 Å². The summed E-state index contributed by atoms with van der Waals surface area (Å²) in [5.41, 5.74) is 3.53. The summed E-state index contributed by atoms with van der Waals surface area (Å²) in [6.07, 6.45) is 3.61. The lowest BCUT2D eigenvalue weighted by molar-refractivity contribution is 0.102. The van der Waals surface area contributed by atoms with Crippen LogP contribution in [0.4, 0.5) is 5.69 Å². The molecule has 1 amide bonds. The van der Waals surface area contributed by atoms with E-state index in [1.807, 2.05) is 42.5 Å². The smallest absolute Gasteiger partial charge is 0.255 e. The minimum atomic E-state index is -0.0967. The number of likely N-dealkylation sites (tertiary alicyclic amines) is 1. The van der Waals surface area contributed by atoms with E-state index in [2.05, 4.69) is 34.7 Å². The first-order chi connectivity index (χ1) is 14.1. The predicted molar refractivity (Wildman–Crippen MR) is 118 cm³/mol. The molecule has 5 heteroatoms. The van der Waals surface area contributed by atoms with Gasteiger partial charge in [-0.3, -0.25) is 9.69 Å². The van der Waals surface area contributed by atoms with Crippen molar-refractivity contribution in [3.05, 3.63) is 59.9 Å². The first-order valence-electron chi connectivity index (χ1n) is 10.7. The lowest BCUT2D eigenvalue weighted by Gasteiger charge is -2.29. The fraction of sp³-hybridized carbons (Fsp3) is 0.417. The fourth-order valence-electron chi connectivity index (χ4n) is 4.06. The summed E-state index contributed by atoms with van der Waals surface area (Å²) in [6.45, 7) is 8.70. The van der Waals surface area contributed by atoms with Crippen molar-refractivity contribution in [3.8, 4) is 0 Å². The SMILES string of the molecule is CCCn1c(CN2CCC(C)CC2)nc2cc(NC(=O)c3ccccc3)ccc21. The molecule has 2 aromatic carbocycles. The summed E-state index contributed by atoms with van der Waals surface area (Å²) in [4.78, 5) is 19.9. The Hall–Kier alpha value is -2.66. The van der Waals surface area contributed by atoms with Crippen molar-refractivity contribution in [2.45, 2.75) is 46.2 Å². The second-order valence-electron chi connectivity index (χ2n) is 8.16.